The maximum absolute atomic E-state index is 5.38. The van der Waals surface area contributed by atoms with Crippen molar-refractivity contribution in [2.75, 3.05) is 26.8 Å². The molecular weight excluding hydrogens is 250 g/mol. The minimum atomic E-state index is 0.370. The zero-order valence-corrected chi connectivity index (χ0v) is 13.5. The number of hydrogen-bond donors (Lipinski definition) is 1. The van der Waals surface area contributed by atoms with E-state index in [0.29, 0.717) is 12.1 Å². The zero-order valence-electron chi connectivity index (χ0n) is 13.5. The summed E-state index contributed by atoms with van der Waals surface area (Å²) in [7, 11) is 1.77. The van der Waals surface area contributed by atoms with Crippen molar-refractivity contribution in [1.29, 1.82) is 0 Å². The van der Waals surface area contributed by atoms with Gasteiger partial charge in [0.05, 0.1) is 12.3 Å². The SMILES string of the molecule is CCN(Cc1cccc(C)n1)C(CNC(C)C)COC. The smallest absolute Gasteiger partial charge is 0.0630 e. The number of methoxy groups -OCH3 is 1. The molecule has 1 rings (SSSR count). The van der Waals surface area contributed by atoms with E-state index in [1.807, 2.05) is 13.0 Å². The monoisotopic (exact) mass is 279 g/mol. The van der Waals surface area contributed by atoms with Gasteiger partial charge in [-0.15, -0.1) is 0 Å². The maximum Gasteiger partial charge on any atom is 0.0630 e. The molecule has 0 saturated heterocycles. The highest BCUT2D eigenvalue weighted by Crippen LogP contribution is 2.08. The van der Waals surface area contributed by atoms with Crippen molar-refractivity contribution < 1.29 is 4.74 Å². The van der Waals surface area contributed by atoms with Gasteiger partial charge < -0.3 is 10.1 Å². The average Bonchev–Trinajstić information content (AvgIpc) is 2.41. The van der Waals surface area contributed by atoms with Crippen LogP contribution in [0.4, 0.5) is 0 Å². The highest BCUT2D eigenvalue weighted by atomic mass is 16.5. The number of rotatable bonds is 9. The van der Waals surface area contributed by atoms with E-state index < -0.39 is 0 Å². The lowest BCUT2D eigenvalue weighted by Gasteiger charge is -2.31. The van der Waals surface area contributed by atoms with E-state index in [1.165, 1.54) is 0 Å². The molecule has 0 fully saturated rings. The topological polar surface area (TPSA) is 37.4 Å². The van der Waals surface area contributed by atoms with Gasteiger partial charge in [0.25, 0.3) is 0 Å². The highest BCUT2D eigenvalue weighted by molar-refractivity contribution is 5.10. The molecule has 0 amide bonds. The molecule has 4 nitrogen and oxygen atoms in total. The van der Waals surface area contributed by atoms with Crippen LogP contribution in [0.25, 0.3) is 0 Å². The number of pyridine rings is 1. The third-order valence-corrected chi connectivity index (χ3v) is 3.35. The maximum atomic E-state index is 5.38. The van der Waals surface area contributed by atoms with E-state index in [9.17, 15) is 0 Å². The quantitative estimate of drug-likeness (QED) is 0.752. The molecule has 1 heterocycles. The van der Waals surface area contributed by atoms with Crippen LogP contribution in [0, 0.1) is 6.92 Å². The Labute approximate surface area is 123 Å². The van der Waals surface area contributed by atoms with Crippen LogP contribution in [0.1, 0.15) is 32.2 Å². The van der Waals surface area contributed by atoms with E-state index in [-0.39, 0.29) is 0 Å². The second kappa shape index (κ2) is 9.06. The van der Waals surface area contributed by atoms with Gasteiger partial charge in [0.1, 0.15) is 0 Å². The van der Waals surface area contributed by atoms with Gasteiger partial charge in [-0.2, -0.15) is 0 Å². The predicted octanol–water partition coefficient (Wildman–Crippen LogP) is 2.22. The molecule has 1 unspecified atom stereocenters. The summed E-state index contributed by atoms with van der Waals surface area (Å²) in [6.45, 7) is 12.1. The first kappa shape index (κ1) is 17.1. The first-order chi connectivity index (χ1) is 9.56. The van der Waals surface area contributed by atoms with Crippen LogP contribution in [0.5, 0.6) is 0 Å². The average molecular weight is 279 g/mol. The van der Waals surface area contributed by atoms with Gasteiger partial charge in [-0.1, -0.05) is 26.8 Å². The lowest BCUT2D eigenvalue weighted by molar-refractivity contribution is 0.0859. The molecule has 4 heteroatoms. The summed E-state index contributed by atoms with van der Waals surface area (Å²) >= 11 is 0. The summed E-state index contributed by atoms with van der Waals surface area (Å²) < 4.78 is 5.38. The van der Waals surface area contributed by atoms with E-state index in [1.54, 1.807) is 7.11 Å². The Morgan fingerprint density at radius 1 is 1.35 bits per heavy atom. The minimum Gasteiger partial charge on any atom is -0.383 e. The van der Waals surface area contributed by atoms with Gasteiger partial charge in [0.2, 0.25) is 0 Å². The fourth-order valence-electron chi connectivity index (χ4n) is 2.25. The molecule has 114 valence electrons. The second-order valence-electron chi connectivity index (χ2n) is 5.51. The molecule has 0 aromatic carbocycles. The molecular formula is C16H29N3O. The van der Waals surface area contributed by atoms with Crippen molar-refractivity contribution in [3.05, 3.63) is 29.6 Å². The van der Waals surface area contributed by atoms with Crippen molar-refractivity contribution in [3.63, 3.8) is 0 Å². The summed E-state index contributed by atoms with van der Waals surface area (Å²) in [6.07, 6.45) is 0. The van der Waals surface area contributed by atoms with Crippen LogP contribution in [-0.4, -0.2) is 48.8 Å². The number of aryl methyl sites for hydroxylation is 1. The lowest BCUT2D eigenvalue weighted by atomic mass is 10.2. The van der Waals surface area contributed by atoms with Crippen molar-refractivity contribution >= 4 is 0 Å². The fourth-order valence-corrected chi connectivity index (χ4v) is 2.25. The standard InChI is InChI=1S/C16H29N3O/c1-6-19(11-15-9-7-8-14(4)18-15)16(12-20-5)10-17-13(2)3/h7-9,13,16-17H,6,10-12H2,1-5H3. The second-order valence-corrected chi connectivity index (χ2v) is 5.51. The Morgan fingerprint density at radius 2 is 2.10 bits per heavy atom. The number of ether oxygens (including phenoxy) is 1. The zero-order chi connectivity index (χ0) is 15.0. The first-order valence-electron chi connectivity index (χ1n) is 7.45. The van der Waals surface area contributed by atoms with E-state index >= 15 is 0 Å². The minimum absolute atomic E-state index is 0.370. The number of nitrogens with zero attached hydrogens (tertiary/aromatic N) is 2. The first-order valence-corrected chi connectivity index (χ1v) is 7.45. The summed E-state index contributed by atoms with van der Waals surface area (Å²) in [6, 6.07) is 7.06. The Morgan fingerprint density at radius 3 is 2.65 bits per heavy atom. The van der Waals surface area contributed by atoms with Gasteiger partial charge in [0, 0.05) is 38.0 Å². The Hall–Kier alpha value is -0.970. The van der Waals surface area contributed by atoms with Crippen LogP contribution in [0.3, 0.4) is 0 Å². The molecule has 1 aromatic heterocycles. The van der Waals surface area contributed by atoms with Crippen LogP contribution < -0.4 is 5.32 Å². The summed E-state index contributed by atoms with van der Waals surface area (Å²) in [5.74, 6) is 0. The van der Waals surface area contributed by atoms with Gasteiger partial charge in [-0.3, -0.25) is 9.88 Å². The van der Waals surface area contributed by atoms with Gasteiger partial charge in [-0.25, -0.2) is 0 Å². The molecule has 0 bridgehead atoms. The normalized spacial score (nSPS) is 13.2. The molecule has 0 saturated carbocycles. The fraction of sp³-hybridized carbons (Fsp3) is 0.688. The number of likely N-dealkylation sites (N-methyl/N-ethyl adjacent to an activating group) is 1. The summed E-state index contributed by atoms with van der Waals surface area (Å²) in [4.78, 5) is 7.01. The van der Waals surface area contributed by atoms with Gasteiger partial charge in [-0.05, 0) is 25.6 Å². The largest absolute Gasteiger partial charge is 0.383 e. The summed E-state index contributed by atoms with van der Waals surface area (Å²) in [5, 5.41) is 3.50. The third kappa shape index (κ3) is 5.99. The number of nitrogens with one attached hydrogen (secondary N) is 1. The van der Waals surface area contributed by atoms with Crippen LogP contribution in [0.15, 0.2) is 18.2 Å². The lowest BCUT2D eigenvalue weighted by Crippen LogP contribution is -2.46. The van der Waals surface area contributed by atoms with Crippen LogP contribution >= 0.6 is 0 Å². The van der Waals surface area contributed by atoms with E-state index in [0.717, 1.165) is 37.6 Å². The van der Waals surface area contributed by atoms with Crippen molar-refractivity contribution in [2.45, 2.75) is 46.3 Å². The molecule has 0 spiro atoms. The van der Waals surface area contributed by atoms with E-state index in [2.05, 4.69) is 48.1 Å². The molecule has 0 aliphatic rings. The van der Waals surface area contributed by atoms with Crippen LogP contribution in [0.2, 0.25) is 0 Å². The summed E-state index contributed by atoms with van der Waals surface area (Å²) in [5.41, 5.74) is 2.19. The molecule has 20 heavy (non-hydrogen) atoms. The highest BCUT2D eigenvalue weighted by Gasteiger charge is 2.18. The molecule has 1 N–H and O–H groups in total. The predicted molar refractivity (Wildman–Crippen MR) is 83.9 cm³/mol. The Balaban J connectivity index is 2.68. The molecule has 1 aromatic rings. The van der Waals surface area contributed by atoms with Crippen LogP contribution in [-0.2, 0) is 11.3 Å². The van der Waals surface area contributed by atoms with Gasteiger partial charge >= 0.3 is 0 Å². The van der Waals surface area contributed by atoms with Crippen molar-refractivity contribution in [3.8, 4) is 0 Å². The van der Waals surface area contributed by atoms with Crippen molar-refractivity contribution in [1.82, 2.24) is 15.2 Å². The van der Waals surface area contributed by atoms with Gasteiger partial charge in [0.15, 0.2) is 0 Å². The molecule has 1 atom stereocenters. The molecule has 0 radical (unpaired) electrons. The Kier molecular flexibility index (Phi) is 7.73. The number of hydrogen-bond acceptors (Lipinski definition) is 4. The number of aromatic nitrogens is 1. The van der Waals surface area contributed by atoms with E-state index in [4.69, 9.17) is 4.74 Å². The molecule has 0 aliphatic heterocycles. The third-order valence-electron chi connectivity index (χ3n) is 3.35. The molecule has 0 aliphatic carbocycles. The Bertz CT molecular complexity index is 382. The van der Waals surface area contributed by atoms with Crippen molar-refractivity contribution in [2.24, 2.45) is 0 Å².